The molecule has 23 heavy (non-hydrogen) atoms. The Kier molecular flexibility index (Phi) is 5.05. The molecule has 1 amide bonds. The first-order valence-electron chi connectivity index (χ1n) is 7.62. The van der Waals surface area contributed by atoms with Crippen LogP contribution in [0.2, 0.25) is 0 Å². The molecule has 2 aromatic rings. The van der Waals surface area contributed by atoms with Crippen LogP contribution >= 0.6 is 0 Å². The van der Waals surface area contributed by atoms with Crippen molar-refractivity contribution >= 4 is 5.91 Å². The first kappa shape index (κ1) is 15.7. The highest BCUT2D eigenvalue weighted by Gasteiger charge is 2.23. The van der Waals surface area contributed by atoms with E-state index in [0.29, 0.717) is 25.3 Å². The van der Waals surface area contributed by atoms with Gasteiger partial charge in [0.2, 0.25) is 0 Å². The van der Waals surface area contributed by atoms with E-state index in [1.807, 2.05) is 0 Å². The Hall–Kier alpha value is -2.18. The molecule has 1 saturated heterocycles. The Labute approximate surface area is 134 Å². The van der Waals surface area contributed by atoms with Gasteiger partial charge in [0, 0.05) is 19.6 Å². The molecular formula is C17H19FN2O3. The lowest BCUT2D eigenvalue weighted by Crippen LogP contribution is -2.43. The van der Waals surface area contributed by atoms with Gasteiger partial charge in [0.05, 0.1) is 31.1 Å². The van der Waals surface area contributed by atoms with Crippen LogP contribution < -0.4 is 5.32 Å². The fourth-order valence-electron chi connectivity index (χ4n) is 2.72. The number of amides is 1. The minimum atomic E-state index is -0.267. The number of halogens is 1. The van der Waals surface area contributed by atoms with E-state index in [4.69, 9.17) is 9.15 Å². The molecule has 0 unspecified atom stereocenters. The molecule has 1 aliphatic heterocycles. The number of nitrogens with one attached hydrogen (secondary N) is 1. The van der Waals surface area contributed by atoms with Gasteiger partial charge < -0.3 is 14.5 Å². The molecule has 3 rings (SSSR count). The molecule has 1 fully saturated rings. The van der Waals surface area contributed by atoms with Crippen LogP contribution in [0.15, 0.2) is 47.3 Å². The quantitative estimate of drug-likeness (QED) is 0.918. The van der Waals surface area contributed by atoms with Gasteiger partial charge in [-0.15, -0.1) is 0 Å². The zero-order valence-electron chi connectivity index (χ0n) is 12.7. The van der Waals surface area contributed by atoms with Gasteiger partial charge in [0.25, 0.3) is 5.91 Å². The van der Waals surface area contributed by atoms with Gasteiger partial charge in [-0.25, -0.2) is 4.39 Å². The minimum Gasteiger partial charge on any atom is -0.472 e. The smallest absolute Gasteiger partial charge is 0.254 e. The molecule has 1 aromatic carbocycles. The Bertz CT molecular complexity index is 622. The molecule has 5 nitrogen and oxygen atoms in total. The van der Waals surface area contributed by atoms with E-state index in [1.54, 1.807) is 18.2 Å². The lowest BCUT2D eigenvalue weighted by molar-refractivity contribution is 0.0162. The largest absolute Gasteiger partial charge is 0.472 e. The number of rotatable bonds is 5. The lowest BCUT2D eigenvalue weighted by atomic mass is 10.0. The van der Waals surface area contributed by atoms with Crippen LogP contribution in [-0.2, 0) is 4.74 Å². The molecule has 0 radical (unpaired) electrons. The number of carbonyl (C=O) groups is 1. The Morgan fingerprint density at radius 1 is 1.22 bits per heavy atom. The fourth-order valence-corrected chi connectivity index (χ4v) is 2.72. The van der Waals surface area contributed by atoms with Crippen LogP contribution in [0.4, 0.5) is 4.39 Å². The Morgan fingerprint density at radius 2 is 1.96 bits per heavy atom. The van der Waals surface area contributed by atoms with Crippen LogP contribution in [0.3, 0.4) is 0 Å². The van der Waals surface area contributed by atoms with Crippen molar-refractivity contribution in [3.05, 3.63) is 59.8 Å². The molecule has 0 aliphatic carbocycles. The van der Waals surface area contributed by atoms with Crippen molar-refractivity contribution in [2.45, 2.75) is 6.04 Å². The number of hydrogen-bond acceptors (Lipinski definition) is 4. The molecule has 122 valence electrons. The summed E-state index contributed by atoms with van der Waals surface area (Å²) in [5.41, 5.74) is 1.46. The third-order valence-electron chi connectivity index (χ3n) is 3.98. The summed E-state index contributed by atoms with van der Waals surface area (Å²) in [6.07, 6.45) is 2.88. The highest BCUT2D eigenvalue weighted by molar-refractivity contribution is 5.93. The van der Waals surface area contributed by atoms with Crippen molar-refractivity contribution in [2.24, 2.45) is 0 Å². The van der Waals surface area contributed by atoms with Gasteiger partial charge in [0.15, 0.2) is 0 Å². The standard InChI is InChI=1S/C17H19FN2O3/c18-15-3-1-13(2-4-15)16(20-6-9-22-10-7-20)11-19-17(21)14-5-8-23-12-14/h1-5,8,12,16H,6-7,9-11H2,(H,19,21)/t16-/m1/s1. The van der Waals surface area contributed by atoms with Crippen molar-refractivity contribution in [3.8, 4) is 0 Å². The first-order valence-corrected chi connectivity index (χ1v) is 7.62. The van der Waals surface area contributed by atoms with Crippen LogP contribution in [0.1, 0.15) is 22.0 Å². The first-order chi connectivity index (χ1) is 11.2. The molecule has 0 bridgehead atoms. The van der Waals surface area contributed by atoms with Crippen molar-refractivity contribution in [3.63, 3.8) is 0 Å². The Morgan fingerprint density at radius 3 is 2.61 bits per heavy atom. The summed E-state index contributed by atoms with van der Waals surface area (Å²) in [5.74, 6) is -0.448. The summed E-state index contributed by atoms with van der Waals surface area (Å²) in [5, 5.41) is 2.92. The van der Waals surface area contributed by atoms with E-state index in [2.05, 4.69) is 10.2 Å². The molecule has 1 aliphatic rings. The normalized spacial score (nSPS) is 16.9. The zero-order valence-corrected chi connectivity index (χ0v) is 12.7. The molecule has 6 heteroatoms. The summed E-state index contributed by atoms with van der Waals surface area (Å²) in [7, 11) is 0. The fraction of sp³-hybridized carbons (Fsp3) is 0.353. The van der Waals surface area contributed by atoms with E-state index in [9.17, 15) is 9.18 Å². The van der Waals surface area contributed by atoms with Gasteiger partial charge in [-0.3, -0.25) is 9.69 Å². The summed E-state index contributed by atoms with van der Waals surface area (Å²) < 4.78 is 23.5. The second kappa shape index (κ2) is 7.39. The highest BCUT2D eigenvalue weighted by Crippen LogP contribution is 2.21. The van der Waals surface area contributed by atoms with Crippen LogP contribution in [0.25, 0.3) is 0 Å². The number of furan rings is 1. The number of nitrogens with zero attached hydrogens (tertiary/aromatic N) is 1. The minimum absolute atomic E-state index is 0.0182. The van der Waals surface area contributed by atoms with Crippen molar-refractivity contribution in [1.82, 2.24) is 10.2 Å². The summed E-state index contributed by atoms with van der Waals surface area (Å²) in [4.78, 5) is 14.3. The van der Waals surface area contributed by atoms with E-state index in [-0.39, 0.29) is 17.8 Å². The van der Waals surface area contributed by atoms with Gasteiger partial charge in [0.1, 0.15) is 12.1 Å². The van der Waals surface area contributed by atoms with E-state index < -0.39 is 0 Å². The van der Waals surface area contributed by atoms with Crippen molar-refractivity contribution in [2.75, 3.05) is 32.8 Å². The summed E-state index contributed by atoms with van der Waals surface area (Å²) in [6.45, 7) is 3.32. The topological polar surface area (TPSA) is 54.7 Å². The third kappa shape index (κ3) is 3.97. The maximum atomic E-state index is 13.2. The SMILES string of the molecule is O=C(NC[C@H](c1ccc(F)cc1)N1CCOCC1)c1ccoc1. The third-order valence-corrected chi connectivity index (χ3v) is 3.98. The zero-order chi connectivity index (χ0) is 16.1. The average Bonchev–Trinajstić information content (AvgIpc) is 3.12. The van der Waals surface area contributed by atoms with E-state index >= 15 is 0 Å². The molecule has 1 N–H and O–H groups in total. The molecule has 1 aromatic heterocycles. The molecular weight excluding hydrogens is 299 g/mol. The second-order valence-corrected chi connectivity index (χ2v) is 5.44. The van der Waals surface area contributed by atoms with Gasteiger partial charge in [-0.1, -0.05) is 12.1 Å². The summed E-state index contributed by atoms with van der Waals surface area (Å²) in [6, 6.07) is 8.02. The molecule has 0 spiro atoms. The van der Waals surface area contributed by atoms with Crippen molar-refractivity contribution < 1.29 is 18.3 Å². The van der Waals surface area contributed by atoms with E-state index in [0.717, 1.165) is 18.7 Å². The molecule has 2 heterocycles. The lowest BCUT2D eigenvalue weighted by Gasteiger charge is -2.34. The molecule has 0 saturated carbocycles. The highest BCUT2D eigenvalue weighted by atomic mass is 19.1. The average molecular weight is 318 g/mol. The number of carbonyl (C=O) groups excluding carboxylic acids is 1. The second-order valence-electron chi connectivity index (χ2n) is 5.44. The van der Waals surface area contributed by atoms with Crippen LogP contribution in [0.5, 0.6) is 0 Å². The summed E-state index contributed by atoms with van der Waals surface area (Å²) >= 11 is 0. The van der Waals surface area contributed by atoms with Crippen LogP contribution in [0, 0.1) is 5.82 Å². The predicted molar refractivity (Wildman–Crippen MR) is 82.6 cm³/mol. The maximum absolute atomic E-state index is 13.2. The van der Waals surface area contributed by atoms with Gasteiger partial charge in [-0.05, 0) is 23.8 Å². The van der Waals surface area contributed by atoms with Gasteiger partial charge in [-0.2, -0.15) is 0 Å². The predicted octanol–water partition coefficient (Wildman–Crippen LogP) is 2.22. The van der Waals surface area contributed by atoms with E-state index in [1.165, 1.54) is 24.7 Å². The monoisotopic (exact) mass is 318 g/mol. The van der Waals surface area contributed by atoms with Gasteiger partial charge >= 0.3 is 0 Å². The number of hydrogen-bond donors (Lipinski definition) is 1. The van der Waals surface area contributed by atoms with Crippen molar-refractivity contribution in [1.29, 1.82) is 0 Å². The maximum Gasteiger partial charge on any atom is 0.254 e. The van der Waals surface area contributed by atoms with Crippen LogP contribution in [-0.4, -0.2) is 43.7 Å². The number of benzene rings is 1. The molecule has 1 atom stereocenters. The number of morpholine rings is 1. The number of ether oxygens (including phenoxy) is 1. The Balaban J connectivity index is 1.72.